The van der Waals surface area contributed by atoms with Crippen molar-refractivity contribution in [2.45, 2.75) is 89.7 Å². The Morgan fingerprint density at radius 2 is 1.74 bits per heavy atom. The number of hydrogen-bond acceptors (Lipinski definition) is 9. The molecule has 0 saturated heterocycles. The molecule has 4 aromatic rings. The van der Waals surface area contributed by atoms with Crippen molar-refractivity contribution >= 4 is 27.7 Å². The van der Waals surface area contributed by atoms with Gasteiger partial charge in [0.1, 0.15) is 12.4 Å². The lowest BCUT2D eigenvalue weighted by Crippen LogP contribution is -2.46. The number of carbonyl (C=O) groups is 1. The van der Waals surface area contributed by atoms with Crippen molar-refractivity contribution in [3.8, 4) is 17.1 Å². The normalized spacial score (nSPS) is 20.2. The summed E-state index contributed by atoms with van der Waals surface area (Å²) in [5.74, 6) is 0.976. The summed E-state index contributed by atoms with van der Waals surface area (Å²) < 4.78 is 36.5. The van der Waals surface area contributed by atoms with Crippen molar-refractivity contribution in [2.75, 3.05) is 23.3 Å². The van der Waals surface area contributed by atoms with Crippen LogP contribution in [-0.4, -0.2) is 64.9 Å². The standard InChI is InChI=1S/C38H45N7O4S/c1-24-9-6-10-25(2)35(24)32-17-34-42-37(41-32)43-50(47,48)31-14-7-11-27(16-31)36(46)45(30(23-49-34)15-26-18-38(3,4)19-26)22-28-20-39-21-33(40-28)44(5)29-12-8-13-29/h6-7,9-11,14,16-17,20-21,26,29-30H,8,12-13,15,18-19,22-23H2,1-5H3,(H,41,42,43)/t30-/m0/s1. The number of benzene rings is 2. The number of aryl methyl sites for hydroxylation is 2. The number of ether oxygens (including phenoxy) is 1. The lowest BCUT2D eigenvalue weighted by Gasteiger charge is -2.45. The lowest BCUT2D eigenvalue weighted by molar-refractivity contribution is 0.0317. The minimum atomic E-state index is -4.17. The lowest BCUT2D eigenvalue weighted by atomic mass is 9.63. The molecule has 1 aliphatic heterocycles. The van der Waals surface area contributed by atoms with Gasteiger partial charge >= 0.3 is 0 Å². The highest BCUT2D eigenvalue weighted by molar-refractivity contribution is 7.92. The third-order valence-corrected chi connectivity index (χ3v) is 11.8. The van der Waals surface area contributed by atoms with Crippen LogP contribution in [0.3, 0.4) is 0 Å². The second kappa shape index (κ2) is 13.3. The molecule has 0 unspecified atom stereocenters. The summed E-state index contributed by atoms with van der Waals surface area (Å²) in [6.45, 7) is 8.84. The SMILES string of the molecule is Cc1cccc(C)c1-c1cc2nc(n1)NS(=O)(=O)c1cccc(c1)C(=O)N(Cc1cncc(N(C)C3CCC3)n1)[C@@H](CC1CC(C)(C)C1)CO2. The van der Waals surface area contributed by atoms with Gasteiger partial charge in [-0.05, 0) is 93.0 Å². The van der Waals surface area contributed by atoms with Gasteiger partial charge in [0, 0.05) is 30.3 Å². The van der Waals surface area contributed by atoms with Crippen LogP contribution in [0.25, 0.3) is 11.3 Å². The van der Waals surface area contributed by atoms with Gasteiger partial charge in [-0.15, -0.1) is 0 Å². The van der Waals surface area contributed by atoms with E-state index in [2.05, 4.69) is 38.4 Å². The van der Waals surface area contributed by atoms with Crippen molar-refractivity contribution in [1.82, 2.24) is 24.8 Å². The van der Waals surface area contributed by atoms with E-state index in [4.69, 9.17) is 9.72 Å². The van der Waals surface area contributed by atoms with Crippen molar-refractivity contribution in [1.29, 1.82) is 0 Å². The van der Waals surface area contributed by atoms with Crippen LogP contribution in [0.1, 0.15) is 79.6 Å². The first kappa shape index (κ1) is 33.9. The van der Waals surface area contributed by atoms with E-state index in [1.807, 2.05) is 39.1 Å². The molecule has 11 nitrogen and oxygen atoms in total. The fourth-order valence-corrected chi connectivity index (χ4v) is 8.69. The molecule has 2 saturated carbocycles. The van der Waals surface area contributed by atoms with E-state index < -0.39 is 10.0 Å². The molecular formula is C38H45N7O4S. The second-order valence-electron chi connectivity index (χ2n) is 15.0. The molecule has 50 heavy (non-hydrogen) atoms. The second-order valence-corrected chi connectivity index (χ2v) is 16.6. The van der Waals surface area contributed by atoms with Crippen LogP contribution in [0, 0.1) is 25.2 Å². The van der Waals surface area contributed by atoms with E-state index in [0.717, 1.165) is 48.2 Å². The highest BCUT2D eigenvalue weighted by atomic mass is 32.2. The molecule has 3 aliphatic rings. The maximum Gasteiger partial charge on any atom is 0.264 e. The fraction of sp³-hybridized carbons (Fsp3) is 0.447. The maximum atomic E-state index is 14.6. The molecule has 7 rings (SSSR count). The number of anilines is 2. The van der Waals surface area contributed by atoms with E-state index in [-0.39, 0.29) is 52.8 Å². The fourth-order valence-electron chi connectivity index (χ4n) is 7.70. The maximum absolute atomic E-state index is 14.6. The molecule has 1 N–H and O–H groups in total. The molecule has 2 aliphatic carbocycles. The van der Waals surface area contributed by atoms with E-state index in [1.165, 1.54) is 18.6 Å². The van der Waals surface area contributed by atoms with Crippen molar-refractivity contribution in [2.24, 2.45) is 11.3 Å². The summed E-state index contributed by atoms with van der Waals surface area (Å²) in [7, 11) is -2.13. The summed E-state index contributed by atoms with van der Waals surface area (Å²) in [5.41, 5.74) is 4.54. The molecule has 262 valence electrons. The number of aromatic nitrogens is 4. The molecule has 4 bridgehead atoms. The Morgan fingerprint density at radius 3 is 2.44 bits per heavy atom. The molecular weight excluding hydrogens is 651 g/mol. The average molecular weight is 696 g/mol. The van der Waals surface area contributed by atoms with Crippen LogP contribution in [-0.2, 0) is 16.6 Å². The van der Waals surface area contributed by atoms with Crippen molar-refractivity contribution in [3.63, 3.8) is 0 Å². The zero-order valence-corrected chi connectivity index (χ0v) is 30.2. The van der Waals surface area contributed by atoms with Gasteiger partial charge < -0.3 is 14.5 Å². The summed E-state index contributed by atoms with van der Waals surface area (Å²) in [4.78, 5) is 37.1. The largest absolute Gasteiger partial charge is 0.475 e. The first-order valence-electron chi connectivity index (χ1n) is 17.4. The number of fused-ring (bicyclic) bond motifs is 4. The number of amides is 1. The van der Waals surface area contributed by atoms with E-state index in [1.54, 1.807) is 35.5 Å². The van der Waals surface area contributed by atoms with Gasteiger partial charge in [0.05, 0.1) is 41.3 Å². The summed E-state index contributed by atoms with van der Waals surface area (Å²) in [5, 5.41) is 0. The Hall–Kier alpha value is -4.58. The van der Waals surface area contributed by atoms with Gasteiger partial charge in [0.15, 0.2) is 0 Å². The molecule has 2 aromatic heterocycles. The van der Waals surface area contributed by atoms with Gasteiger partial charge in [0.2, 0.25) is 11.8 Å². The minimum Gasteiger partial charge on any atom is -0.475 e. The van der Waals surface area contributed by atoms with Gasteiger partial charge in [-0.1, -0.05) is 38.1 Å². The molecule has 3 heterocycles. The Labute approximate surface area is 294 Å². The summed E-state index contributed by atoms with van der Waals surface area (Å²) in [6, 6.07) is 13.9. The topological polar surface area (TPSA) is 131 Å². The van der Waals surface area contributed by atoms with Crippen molar-refractivity contribution < 1.29 is 17.9 Å². The predicted octanol–water partition coefficient (Wildman–Crippen LogP) is 6.57. The third kappa shape index (κ3) is 7.03. The van der Waals surface area contributed by atoms with Gasteiger partial charge in [-0.25, -0.2) is 23.1 Å². The number of hydrogen-bond donors (Lipinski definition) is 1. The first-order valence-corrected chi connectivity index (χ1v) is 18.9. The average Bonchev–Trinajstić information content (AvgIpc) is 3.03. The molecule has 1 amide bonds. The summed E-state index contributed by atoms with van der Waals surface area (Å²) in [6.07, 6.45) is 9.70. The summed E-state index contributed by atoms with van der Waals surface area (Å²) >= 11 is 0. The minimum absolute atomic E-state index is 0.0627. The van der Waals surface area contributed by atoms with E-state index >= 15 is 0 Å². The van der Waals surface area contributed by atoms with Gasteiger partial charge in [-0.2, -0.15) is 4.98 Å². The number of carbonyl (C=O) groups excluding carboxylic acids is 1. The van der Waals surface area contributed by atoms with Crippen LogP contribution in [0.5, 0.6) is 5.88 Å². The Balaban J connectivity index is 1.32. The molecule has 2 aromatic carbocycles. The molecule has 12 heteroatoms. The van der Waals surface area contributed by atoms with Crippen molar-refractivity contribution in [3.05, 3.63) is 83.3 Å². The van der Waals surface area contributed by atoms with Gasteiger partial charge in [0.25, 0.3) is 15.9 Å². The predicted molar refractivity (Wildman–Crippen MR) is 193 cm³/mol. The van der Waals surface area contributed by atoms with Crippen LogP contribution < -0.4 is 14.4 Å². The van der Waals surface area contributed by atoms with E-state index in [0.29, 0.717) is 29.8 Å². The highest BCUT2D eigenvalue weighted by Crippen LogP contribution is 2.47. The van der Waals surface area contributed by atoms with E-state index in [9.17, 15) is 13.2 Å². The quantitative estimate of drug-likeness (QED) is 0.228. The molecule has 0 spiro atoms. The van der Waals surface area contributed by atoms with Crippen LogP contribution in [0.4, 0.5) is 11.8 Å². The zero-order chi connectivity index (χ0) is 35.2. The monoisotopic (exact) mass is 695 g/mol. The Kier molecular flexibility index (Phi) is 9.00. The molecule has 2 fully saturated rings. The molecule has 1 atom stereocenters. The number of rotatable bonds is 7. The Morgan fingerprint density at radius 1 is 1.00 bits per heavy atom. The number of sulfonamides is 1. The highest BCUT2D eigenvalue weighted by Gasteiger charge is 2.39. The zero-order valence-electron chi connectivity index (χ0n) is 29.4. The Bertz CT molecular complexity index is 2000. The first-order chi connectivity index (χ1) is 23.8. The molecule has 0 radical (unpaired) electrons. The van der Waals surface area contributed by atoms with Crippen LogP contribution in [0.15, 0.2) is 65.8 Å². The number of nitrogens with one attached hydrogen (secondary N) is 1. The third-order valence-electron chi connectivity index (χ3n) is 10.5. The van der Waals surface area contributed by atoms with Crippen LogP contribution in [0.2, 0.25) is 0 Å². The smallest absolute Gasteiger partial charge is 0.264 e. The van der Waals surface area contributed by atoms with Gasteiger partial charge in [-0.3, -0.25) is 9.78 Å². The number of nitrogens with zero attached hydrogens (tertiary/aromatic N) is 6. The van der Waals surface area contributed by atoms with Crippen LogP contribution >= 0.6 is 0 Å².